The summed E-state index contributed by atoms with van der Waals surface area (Å²) in [7, 11) is 3.54. The number of pyridine rings is 1. The van der Waals surface area contributed by atoms with E-state index in [1.807, 2.05) is 0 Å². The SMILES string of the molecule is CCOC(=O)CC(NC(=O)C(CC(C)C)n1cc(CCCN(C)C)c(C(F)(F)F)cc1=O)c1c(F)c(C)cc(-c2c(C)cc(C)c(F)c2C)c1F. The maximum atomic E-state index is 16.7. The van der Waals surface area contributed by atoms with Gasteiger partial charge in [0.15, 0.2) is 0 Å². The maximum absolute atomic E-state index is 16.7. The summed E-state index contributed by atoms with van der Waals surface area (Å²) in [4.78, 5) is 42.1. The Hall–Kier alpha value is -4.13. The van der Waals surface area contributed by atoms with E-state index in [-0.39, 0.29) is 53.2 Å². The number of amides is 1. The van der Waals surface area contributed by atoms with Crippen molar-refractivity contribution < 1.29 is 40.7 Å². The van der Waals surface area contributed by atoms with Gasteiger partial charge in [-0.25, -0.2) is 13.2 Å². The number of nitrogens with one attached hydrogen (secondary N) is 1. The van der Waals surface area contributed by atoms with E-state index in [1.165, 1.54) is 32.9 Å². The second-order valence-electron chi connectivity index (χ2n) is 13.7. The quantitative estimate of drug-likeness (QED) is 0.135. The second-order valence-corrected chi connectivity index (χ2v) is 13.7. The number of nitrogens with zero attached hydrogens (tertiary/aromatic N) is 2. The molecule has 0 aliphatic rings. The summed E-state index contributed by atoms with van der Waals surface area (Å²) < 4.78 is 95.9. The van der Waals surface area contributed by atoms with Crippen LogP contribution in [-0.2, 0) is 26.9 Å². The predicted octanol–water partition coefficient (Wildman–Crippen LogP) is 8.08. The van der Waals surface area contributed by atoms with E-state index < -0.39 is 70.7 Å². The number of benzene rings is 2. The van der Waals surface area contributed by atoms with Gasteiger partial charge in [0.2, 0.25) is 5.91 Å². The third kappa shape index (κ3) is 9.81. The van der Waals surface area contributed by atoms with Gasteiger partial charge in [0.25, 0.3) is 5.56 Å². The third-order valence-corrected chi connectivity index (χ3v) is 8.76. The van der Waals surface area contributed by atoms with Crippen LogP contribution in [0.3, 0.4) is 0 Å². The number of aromatic nitrogens is 1. The molecular formula is C38H47F6N3O4. The van der Waals surface area contributed by atoms with E-state index in [1.54, 1.807) is 46.7 Å². The Bertz CT molecular complexity index is 1820. The fourth-order valence-electron chi connectivity index (χ4n) is 6.42. The molecule has 1 heterocycles. The zero-order valence-electron chi connectivity index (χ0n) is 30.6. The molecule has 0 radical (unpaired) electrons. The van der Waals surface area contributed by atoms with E-state index in [0.717, 1.165) is 10.8 Å². The lowest BCUT2D eigenvalue weighted by Gasteiger charge is -2.27. The summed E-state index contributed by atoms with van der Waals surface area (Å²) in [5.74, 6) is -4.89. The first-order valence-electron chi connectivity index (χ1n) is 16.9. The molecule has 51 heavy (non-hydrogen) atoms. The van der Waals surface area contributed by atoms with Crippen molar-refractivity contribution in [1.29, 1.82) is 0 Å². The van der Waals surface area contributed by atoms with Crippen molar-refractivity contribution in [3.63, 3.8) is 0 Å². The minimum atomic E-state index is -4.83. The highest BCUT2D eigenvalue weighted by atomic mass is 19.4. The van der Waals surface area contributed by atoms with Crippen molar-refractivity contribution in [2.75, 3.05) is 27.2 Å². The number of rotatable bonds is 14. The van der Waals surface area contributed by atoms with Gasteiger partial charge in [-0.2, -0.15) is 13.2 Å². The molecule has 1 N–H and O–H groups in total. The number of carbonyl (C=O) groups is 2. The summed E-state index contributed by atoms with van der Waals surface area (Å²) in [5.41, 5.74) is -2.14. The lowest BCUT2D eigenvalue weighted by Crippen LogP contribution is -2.41. The molecule has 0 saturated carbocycles. The average molecular weight is 724 g/mol. The van der Waals surface area contributed by atoms with Gasteiger partial charge in [-0.15, -0.1) is 0 Å². The van der Waals surface area contributed by atoms with Gasteiger partial charge in [0, 0.05) is 23.4 Å². The fourth-order valence-corrected chi connectivity index (χ4v) is 6.42. The predicted molar refractivity (Wildman–Crippen MR) is 184 cm³/mol. The standard InChI is InChI=1S/C38H47F6N3O4/c1-10-51-31(49)18-28(33-35(40)23(6)16-26(36(33)41)32-21(4)15-22(5)34(39)24(32)7)45-37(50)29(14-20(2)3)47-19-25(12-11-13-46(8)9)27(17-30(47)48)38(42,43)44/h15-17,19-20,28-29H,10-14,18H2,1-9H3,(H,45,50). The van der Waals surface area contributed by atoms with Gasteiger partial charge in [0.1, 0.15) is 23.5 Å². The summed E-state index contributed by atoms with van der Waals surface area (Å²) in [6.07, 6.45) is -4.28. The van der Waals surface area contributed by atoms with Crippen LogP contribution in [0.2, 0.25) is 0 Å². The van der Waals surface area contributed by atoms with Gasteiger partial charge in [-0.3, -0.25) is 14.4 Å². The average Bonchev–Trinajstić information content (AvgIpc) is 3.01. The lowest BCUT2D eigenvalue weighted by atomic mass is 9.88. The molecule has 0 aliphatic carbocycles. The highest BCUT2D eigenvalue weighted by Gasteiger charge is 2.36. The van der Waals surface area contributed by atoms with Gasteiger partial charge in [0.05, 0.1) is 24.6 Å². The lowest BCUT2D eigenvalue weighted by molar-refractivity contribution is -0.144. The molecule has 2 aromatic carbocycles. The van der Waals surface area contributed by atoms with Gasteiger partial charge in [-0.05, 0) is 120 Å². The minimum Gasteiger partial charge on any atom is -0.466 e. The Morgan fingerprint density at radius 3 is 2.14 bits per heavy atom. The molecule has 3 aromatic rings. The molecular weight excluding hydrogens is 676 g/mol. The molecule has 13 heteroatoms. The molecule has 7 nitrogen and oxygen atoms in total. The highest BCUT2D eigenvalue weighted by molar-refractivity contribution is 5.82. The Kier molecular flexibility index (Phi) is 13.7. The normalized spacial score (nSPS) is 13.1. The monoisotopic (exact) mass is 723 g/mol. The first-order chi connectivity index (χ1) is 23.7. The van der Waals surface area contributed by atoms with Crippen LogP contribution in [0.4, 0.5) is 26.3 Å². The van der Waals surface area contributed by atoms with Crippen LogP contribution < -0.4 is 10.9 Å². The van der Waals surface area contributed by atoms with E-state index in [2.05, 4.69) is 5.32 Å². The Morgan fingerprint density at radius 1 is 0.941 bits per heavy atom. The molecule has 3 rings (SSSR count). The number of halogens is 6. The number of carbonyl (C=O) groups excluding carboxylic acids is 2. The first-order valence-corrected chi connectivity index (χ1v) is 16.9. The molecule has 0 spiro atoms. The number of aryl methyl sites for hydroxylation is 4. The summed E-state index contributed by atoms with van der Waals surface area (Å²) in [6.45, 7) is 11.4. The molecule has 280 valence electrons. The molecule has 1 aromatic heterocycles. The van der Waals surface area contributed by atoms with Crippen LogP contribution in [-0.4, -0.2) is 48.6 Å². The van der Waals surface area contributed by atoms with E-state index in [4.69, 9.17) is 4.74 Å². The molecule has 0 saturated heterocycles. The number of esters is 1. The number of ether oxygens (including phenoxy) is 1. The van der Waals surface area contributed by atoms with Crippen LogP contribution in [0, 0.1) is 51.1 Å². The summed E-state index contributed by atoms with van der Waals surface area (Å²) in [6, 6.07) is 0.121. The first kappa shape index (κ1) is 41.3. The second kappa shape index (κ2) is 16.9. The smallest absolute Gasteiger partial charge is 0.416 e. The zero-order chi connectivity index (χ0) is 38.5. The Labute approximate surface area is 295 Å². The zero-order valence-corrected chi connectivity index (χ0v) is 30.6. The van der Waals surface area contributed by atoms with Crippen molar-refractivity contribution >= 4 is 11.9 Å². The van der Waals surface area contributed by atoms with E-state index in [0.29, 0.717) is 30.2 Å². The molecule has 2 atom stereocenters. The van der Waals surface area contributed by atoms with Crippen LogP contribution in [0.25, 0.3) is 11.1 Å². The summed E-state index contributed by atoms with van der Waals surface area (Å²) in [5, 5.41) is 2.53. The van der Waals surface area contributed by atoms with Crippen LogP contribution in [0.5, 0.6) is 0 Å². The third-order valence-electron chi connectivity index (χ3n) is 8.76. The van der Waals surface area contributed by atoms with Gasteiger partial charge >= 0.3 is 12.1 Å². The number of hydrogen-bond acceptors (Lipinski definition) is 5. The number of hydrogen-bond donors (Lipinski definition) is 1. The Balaban J connectivity index is 2.23. The van der Waals surface area contributed by atoms with Crippen LogP contribution in [0.15, 0.2) is 29.2 Å². The molecule has 1 amide bonds. The molecule has 2 unspecified atom stereocenters. The largest absolute Gasteiger partial charge is 0.466 e. The van der Waals surface area contributed by atoms with Crippen molar-refractivity contribution in [1.82, 2.24) is 14.8 Å². The van der Waals surface area contributed by atoms with Crippen molar-refractivity contribution in [3.05, 3.63) is 91.1 Å². The topological polar surface area (TPSA) is 80.6 Å². The minimum absolute atomic E-state index is 0.0363. The van der Waals surface area contributed by atoms with Crippen molar-refractivity contribution in [2.45, 2.75) is 92.4 Å². The molecule has 0 bridgehead atoms. The highest BCUT2D eigenvalue weighted by Crippen LogP contribution is 2.38. The van der Waals surface area contributed by atoms with Crippen molar-refractivity contribution in [2.24, 2.45) is 5.92 Å². The summed E-state index contributed by atoms with van der Waals surface area (Å²) >= 11 is 0. The maximum Gasteiger partial charge on any atom is 0.416 e. The fraction of sp³-hybridized carbons (Fsp3) is 0.500. The van der Waals surface area contributed by atoms with Gasteiger partial charge < -0.3 is 19.5 Å². The van der Waals surface area contributed by atoms with E-state index in [9.17, 15) is 27.6 Å². The molecule has 0 fully saturated rings. The van der Waals surface area contributed by atoms with E-state index >= 15 is 13.2 Å². The molecule has 0 aliphatic heterocycles. The van der Waals surface area contributed by atoms with Crippen molar-refractivity contribution in [3.8, 4) is 11.1 Å². The Morgan fingerprint density at radius 2 is 1.57 bits per heavy atom. The van der Waals surface area contributed by atoms with Crippen LogP contribution >= 0.6 is 0 Å². The van der Waals surface area contributed by atoms with Gasteiger partial charge in [-0.1, -0.05) is 19.9 Å². The number of alkyl halides is 3. The van der Waals surface area contributed by atoms with Crippen LogP contribution in [0.1, 0.15) is 91.1 Å².